The Morgan fingerprint density at radius 1 is 1.07 bits per heavy atom. The average Bonchev–Trinajstić information content (AvgIpc) is 2.30. The summed E-state index contributed by atoms with van der Waals surface area (Å²) in [5, 5.41) is 9.22. The maximum absolute atomic E-state index is 9.22. The number of anilines is 1. The van der Waals surface area contributed by atoms with E-state index in [1.807, 2.05) is 18.2 Å². The van der Waals surface area contributed by atoms with E-state index in [0.717, 1.165) is 18.7 Å². The molecule has 0 spiro atoms. The van der Waals surface area contributed by atoms with Crippen LogP contribution in [0, 0.1) is 0 Å². The Morgan fingerprint density at radius 3 is 2.40 bits per heavy atom. The molecule has 1 aliphatic rings. The monoisotopic (exact) mass is 198 g/mol. The van der Waals surface area contributed by atoms with Gasteiger partial charge in [-0.15, -0.1) is 0 Å². The summed E-state index contributed by atoms with van der Waals surface area (Å²) in [6.45, 7) is 2.42. The third-order valence-corrected chi connectivity index (χ3v) is 2.86. The molecule has 1 aromatic rings. The first-order valence-electron chi connectivity index (χ1n) is 5.35. The Hall–Kier alpha value is -0.423. The first-order chi connectivity index (χ1) is 6.92. The molecule has 1 aliphatic heterocycles. The van der Waals surface area contributed by atoms with Crippen molar-refractivity contribution in [2.24, 2.45) is 0 Å². The topological polar surface area (TPSA) is 23.5 Å². The molecule has 1 N–H and O–H groups in total. The molecule has 1 saturated heterocycles. The summed E-state index contributed by atoms with van der Waals surface area (Å²) in [6.07, 6.45) is 3.90. The van der Waals surface area contributed by atoms with Crippen LogP contribution in [0.4, 0.5) is 5.69 Å². The molecule has 0 aromatic heterocycles. The number of aliphatic hydroxyl groups excluding tert-OH is 1. The van der Waals surface area contributed by atoms with Crippen LogP contribution in [0.25, 0.3) is 0 Å². The van der Waals surface area contributed by atoms with Crippen LogP contribution >= 0.6 is 0 Å². The minimum Gasteiger partial charge on any atom is -0.392 e. The maximum atomic E-state index is 9.22. The Morgan fingerprint density at radius 2 is 1.73 bits per heavy atom. The van der Waals surface area contributed by atoms with Crippen LogP contribution in [-0.4, -0.2) is 37.1 Å². The number of para-hydroxylation sites is 1. The molecule has 3 heteroatoms. The third-order valence-electron chi connectivity index (χ3n) is 2.86. The van der Waals surface area contributed by atoms with Crippen LogP contribution in [0.5, 0.6) is 0 Å². The molecule has 0 amide bonds. The van der Waals surface area contributed by atoms with E-state index in [1.165, 1.54) is 24.9 Å². The van der Waals surface area contributed by atoms with Gasteiger partial charge >= 0.3 is 0 Å². The molecule has 77 valence electrons. The summed E-state index contributed by atoms with van der Waals surface area (Å²) in [5.41, 5.74) is 2.27. The van der Waals surface area contributed by atoms with Gasteiger partial charge in [-0.1, -0.05) is 18.2 Å². The summed E-state index contributed by atoms with van der Waals surface area (Å²) in [4.78, 5) is 2.38. The minimum absolute atomic E-state index is 0. The molecular weight excluding hydrogens is 181 g/mol. The number of piperidine rings is 1. The van der Waals surface area contributed by atoms with Gasteiger partial charge in [-0.05, 0) is 25.3 Å². The molecule has 0 aliphatic carbocycles. The molecule has 0 bridgehead atoms. The van der Waals surface area contributed by atoms with E-state index in [-0.39, 0.29) is 25.5 Å². The fourth-order valence-corrected chi connectivity index (χ4v) is 2.09. The number of benzene rings is 1. The molecule has 15 heavy (non-hydrogen) atoms. The zero-order valence-electron chi connectivity index (χ0n) is 9.45. The zero-order chi connectivity index (χ0) is 9.80. The Kier molecular flexibility index (Phi) is 5.25. The quantitative estimate of drug-likeness (QED) is 0.732. The van der Waals surface area contributed by atoms with E-state index in [1.54, 1.807) is 0 Å². The van der Waals surface area contributed by atoms with Crippen LogP contribution in [0.2, 0.25) is 0 Å². The summed E-state index contributed by atoms with van der Waals surface area (Å²) >= 11 is 0. The second-order valence-corrected chi connectivity index (χ2v) is 3.83. The number of aliphatic hydroxyl groups is 1. The van der Waals surface area contributed by atoms with Crippen molar-refractivity contribution in [3.63, 3.8) is 0 Å². The predicted molar refractivity (Wildman–Crippen MR) is 64.2 cm³/mol. The van der Waals surface area contributed by atoms with Crippen molar-refractivity contribution in [1.82, 2.24) is 0 Å². The first kappa shape index (κ1) is 12.6. The first-order valence-corrected chi connectivity index (χ1v) is 5.35. The molecule has 0 atom stereocenters. The third kappa shape index (κ3) is 3.01. The Labute approximate surface area is 103 Å². The van der Waals surface area contributed by atoms with Crippen molar-refractivity contribution in [1.29, 1.82) is 0 Å². The summed E-state index contributed by atoms with van der Waals surface area (Å²) in [6, 6.07) is 8.14. The van der Waals surface area contributed by atoms with Gasteiger partial charge in [-0.3, -0.25) is 0 Å². The molecular formula is C12H17LiNO. The Bertz CT molecular complexity index is 297. The normalized spacial score (nSPS) is 15.9. The average molecular weight is 198 g/mol. The van der Waals surface area contributed by atoms with Gasteiger partial charge in [0.15, 0.2) is 0 Å². The van der Waals surface area contributed by atoms with E-state index in [4.69, 9.17) is 0 Å². The minimum atomic E-state index is 0. The van der Waals surface area contributed by atoms with Crippen molar-refractivity contribution < 1.29 is 5.11 Å². The zero-order valence-corrected chi connectivity index (χ0v) is 9.45. The van der Waals surface area contributed by atoms with E-state index in [2.05, 4.69) is 11.0 Å². The van der Waals surface area contributed by atoms with E-state index in [0.29, 0.717) is 0 Å². The van der Waals surface area contributed by atoms with Crippen molar-refractivity contribution >= 4 is 24.5 Å². The SMILES string of the molecule is OCc1ccccc1N1CCCCC1.[Li]. The maximum Gasteiger partial charge on any atom is 0.0702 e. The van der Waals surface area contributed by atoms with Gasteiger partial charge in [0, 0.05) is 43.2 Å². The number of nitrogens with zero attached hydrogens (tertiary/aromatic N) is 1. The molecule has 1 aromatic carbocycles. The second kappa shape index (κ2) is 6.22. The van der Waals surface area contributed by atoms with Crippen molar-refractivity contribution in [3.8, 4) is 0 Å². The largest absolute Gasteiger partial charge is 0.392 e. The molecule has 1 radical (unpaired) electrons. The molecule has 2 rings (SSSR count). The van der Waals surface area contributed by atoms with Crippen LogP contribution < -0.4 is 4.90 Å². The number of rotatable bonds is 2. The summed E-state index contributed by atoms with van der Waals surface area (Å²) < 4.78 is 0. The van der Waals surface area contributed by atoms with Crippen LogP contribution in [0.3, 0.4) is 0 Å². The summed E-state index contributed by atoms with van der Waals surface area (Å²) in [5.74, 6) is 0. The van der Waals surface area contributed by atoms with Gasteiger partial charge in [-0.2, -0.15) is 0 Å². The van der Waals surface area contributed by atoms with Crippen molar-refractivity contribution in [3.05, 3.63) is 29.8 Å². The fourth-order valence-electron chi connectivity index (χ4n) is 2.09. The molecule has 1 fully saturated rings. The van der Waals surface area contributed by atoms with E-state index in [9.17, 15) is 5.11 Å². The van der Waals surface area contributed by atoms with Gasteiger partial charge < -0.3 is 10.0 Å². The number of hydrogen-bond acceptors (Lipinski definition) is 2. The molecule has 0 unspecified atom stereocenters. The standard InChI is InChI=1S/C12H17NO.Li/c14-10-11-6-2-3-7-12(11)13-8-4-1-5-9-13;/h2-3,6-7,14H,1,4-5,8-10H2;. The Balaban J connectivity index is 0.00000112. The van der Waals surface area contributed by atoms with Crippen molar-refractivity contribution in [2.45, 2.75) is 25.9 Å². The fraction of sp³-hybridized carbons (Fsp3) is 0.500. The second-order valence-electron chi connectivity index (χ2n) is 3.83. The summed E-state index contributed by atoms with van der Waals surface area (Å²) in [7, 11) is 0. The van der Waals surface area contributed by atoms with Gasteiger partial charge in [0.2, 0.25) is 0 Å². The van der Waals surface area contributed by atoms with Gasteiger partial charge in [0.05, 0.1) is 6.61 Å². The van der Waals surface area contributed by atoms with E-state index >= 15 is 0 Å². The van der Waals surface area contributed by atoms with Crippen LogP contribution in [-0.2, 0) is 6.61 Å². The van der Waals surface area contributed by atoms with Gasteiger partial charge in [-0.25, -0.2) is 0 Å². The van der Waals surface area contributed by atoms with E-state index < -0.39 is 0 Å². The predicted octanol–water partition coefficient (Wildman–Crippen LogP) is 1.79. The number of hydrogen-bond donors (Lipinski definition) is 1. The van der Waals surface area contributed by atoms with Crippen LogP contribution in [0.15, 0.2) is 24.3 Å². The smallest absolute Gasteiger partial charge is 0.0702 e. The van der Waals surface area contributed by atoms with Crippen LogP contribution in [0.1, 0.15) is 24.8 Å². The molecule has 1 heterocycles. The molecule has 0 saturated carbocycles. The van der Waals surface area contributed by atoms with Crippen molar-refractivity contribution in [2.75, 3.05) is 18.0 Å². The van der Waals surface area contributed by atoms with Gasteiger partial charge in [0.25, 0.3) is 0 Å². The van der Waals surface area contributed by atoms with Gasteiger partial charge in [0.1, 0.15) is 0 Å². The molecule has 2 nitrogen and oxygen atoms in total.